The number of nitrogens with zero attached hydrogens (tertiary/aromatic N) is 1. The minimum absolute atomic E-state index is 0.0681. The number of alkyl carbamates (subject to hydrolysis) is 1. The molecular weight excluding hydrogens is 198 g/mol. The predicted molar refractivity (Wildman–Crippen MR) is 56.9 cm³/mol. The van der Waals surface area contributed by atoms with Crippen molar-refractivity contribution >= 4 is 11.9 Å². The van der Waals surface area contributed by atoms with Crippen LogP contribution in [0.1, 0.15) is 34.1 Å². The lowest BCUT2D eigenvalue weighted by molar-refractivity contribution is 0.0510. The van der Waals surface area contributed by atoms with Crippen LogP contribution in [-0.2, 0) is 4.74 Å². The molecule has 0 aromatic carbocycles. The number of oxime groups is 1. The minimum Gasteiger partial charge on any atom is -0.444 e. The van der Waals surface area contributed by atoms with Crippen molar-refractivity contribution in [3.8, 4) is 0 Å². The van der Waals surface area contributed by atoms with Crippen LogP contribution in [-0.4, -0.2) is 28.8 Å². The molecule has 0 fully saturated rings. The zero-order valence-electron chi connectivity index (χ0n) is 9.57. The summed E-state index contributed by atoms with van der Waals surface area (Å²) in [7, 11) is 0. The number of amides is 1. The summed E-state index contributed by atoms with van der Waals surface area (Å²) in [5.74, 6) is 0.0681. The molecule has 0 aliphatic heterocycles. The van der Waals surface area contributed by atoms with Gasteiger partial charge >= 0.3 is 6.09 Å². The summed E-state index contributed by atoms with van der Waals surface area (Å²) in [5, 5.41) is 13.7. The zero-order chi connectivity index (χ0) is 12.1. The maximum absolute atomic E-state index is 11.3. The number of nitrogens with two attached hydrogens (primary N) is 1. The Bertz CT molecular complexity index is 245. The minimum atomic E-state index is -0.527. The largest absolute Gasteiger partial charge is 0.444 e. The Hall–Kier alpha value is -1.46. The van der Waals surface area contributed by atoms with Crippen molar-refractivity contribution in [3.63, 3.8) is 0 Å². The van der Waals surface area contributed by atoms with E-state index in [0.29, 0.717) is 0 Å². The lowest BCUT2D eigenvalue weighted by atomic mass is 10.2. The molecule has 0 aliphatic carbocycles. The van der Waals surface area contributed by atoms with E-state index < -0.39 is 11.7 Å². The standard InChI is InChI=1S/C9H19N3O3/c1-6(5-7(10)12-14)11-8(13)15-9(2,3)4/h6,14H,5H2,1-4H3,(H2,10,12)(H,11,13)/t6-/m0/s1. The van der Waals surface area contributed by atoms with Gasteiger partial charge in [0.2, 0.25) is 0 Å². The summed E-state index contributed by atoms with van der Waals surface area (Å²) < 4.78 is 5.03. The van der Waals surface area contributed by atoms with E-state index in [-0.39, 0.29) is 18.3 Å². The average molecular weight is 217 g/mol. The SMILES string of the molecule is C[C@@H](C/C(N)=N/O)NC(=O)OC(C)(C)C. The molecule has 0 heterocycles. The second-order valence-corrected chi connectivity index (χ2v) is 4.34. The van der Waals surface area contributed by atoms with Gasteiger partial charge in [0, 0.05) is 12.5 Å². The van der Waals surface area contributed by atoms with Gasteiger partial charge in [-0.3, -0.25) is 0 Å². The van der Waals surface area contributed by atoms with Crippen molar-refractivity contribution in [2.24, 2.45) is 10.9 Å². The Morgan fingerprint density at radius 2 is 2.13 bits per heavy atom. The van der Waals surface area contributed by atoms with E-state index >= 15 is 0 Å². The lowest BCUT2D eigenvalue weighted by Gasteiger charge is -2.21. The summed E-state index contributed by atoms with van der Waals surface area (Å²) in [4.78, 5) is 11.3. The fourth-order valence-electron chi connectivity index (χ4n) is 0.914. The first kappa shape index (κ1) is 13.5. The Morgan fingerprint density at radius 3 is 2.53 bits per heavy atom. The number of carbonyl (C=O) groups is 1. The lowest BCUT2D eigenvalue weighted by Crippen LogP contribution is -2.39. The van der Waals surface area contributed by atoms with Crippen LogP contribution >= 0.6 is 0 Å². The van der Waals surface area contributed by atoms with Crippen molar-refractivity contribution in [1.29, 1.82) is 0 Å². The molecule has 0 unspecified atom stereocenters. The summed E-state index contributed by atoms with van der Waals surface area (Å²) in [6.07, 6.45) is -0.240. The number of nitrogens with one attached hydrogen (secondary N) is 1. The van der Waals surface area contributed by atoms with E-state index in [1.54, 1.807) is 27.7 Å². The van der Waals surface area contributed by atoms with Crippen LogP contribution < -0.4 is 11.1 Å². The molecule has 0 saturated heterocycles. The first-order chi connectivity index (χ1) is 6.74. The monoisotopic (exact) mass is 217 g/mol. The third-order valence-corrected chi connectivity index (χ3v) is 1.41. The highest BCUT2D eigenvalue weighted by Crippen LogP contribution is 2.06. The van der Waals surface area contributed by atoms with E-state index in [1.807, 2.05) is 0 Å². The van der Waals surface area contributed by atoms with Gasteiger partial charge in [-0.05, 0) is 27.7 Å². The van der Waals surface area contributed by atoms with Gasteiger partial charge in [0.25, 0.3) is 0 Å². The highest BCUT2D eigenvalue weighted by atomic mass is 16.6. The summed E-state index contributed by atoms with van der Waals surface area (Å²) in [5.41, 5.74) is 4.76. The van der Waals surface area contributed by atoms with E-state index in [1.165, 1.54) is 0 Å². The Balaban J connectivity index is 3.97. The highest BCUT2D eigenvalue weighted by Gasteiger charge is 2.17. The maximum atomic E-state index is 11.3. The predicted octanol–water partition coefficient (Wildman–Crippen LogP) is 1.04. The first-order valence-electron chi connectivity index (χ1n) is 4.70. The van der Waals surface area contributed by atoms with Gasteiger partial charge < -0.3 is 21.0 Å². The van der Waals surface area contributed by atoms with Crippen LogP contribution in [0.5, 0.6) is 0 Å². The molecule has 0 spiro atoms. The number of hydrogen-bond donors (Lipinski definition) is 3. The molecular formula is C9H19N3O3. The van der Waals surface area contributed by atoms with Crippen LogP contribution in [0.15, 0.2) is 5.16 Å². The summed E-state index contributed by atoms with van der Waals surface area (Å²) in [6.45, 7) is 7.07. The third kappa shape index (κ3) is 7.60. The maximum Gasteiger partial charge on any atom is 0.407 e. The van der Waals surface area contributed by atoms with Crippen LogP contribution in [0, 0.1) is 0 Å². The molecule has 6 nitrogen and oxygen atoms in total. The van der Waals surface area contributed by atoms with Gasteiger partial charge in [-0.2, -0.15) is 0 Å². The van der Waals surface area contributed by atoms with Gasteiger partial charge in [-0.25, -0.2) is 4.79 Å². The molecule has 0 aromatic rings. The van der Waals surface area contributed by atoms with Crippen LogP contribution in [0.3, 0.4) is 0 Å². The summed E-state index contributed by atoms with van der Waals surface area (Å²) >= 11 is 0. The third-order valence-electron chi connectivity index (χ3n) is 1.41. The fourth-order valence-corrected chi connectivity index (χ4v) is 0.914. The van der Waals surface area contributed by atoms with Crippen LogP contribution in [0.4, 0.5) is 4.79 Å². The molecule has 1 atom stereocenters. The quantitative estimate of drug-likeness (QED) is 0.285. The van der Waals surface area contributed by atoms with Gasteiger partial charge in [0.15, 0.2) is 0 Å². The van der Waals surface area contributed by atoms with Crippen LogP contribution in [0.25, 0.3) is 0 Å². The highest BCUT2D eigenvalue weighted by molar-refractivity contribution is 5.80. The smallest absolute Gasteiger partial charge is 0.407 e. The van der Waals surface area contributed by atoms with Crippen molar-refractivity contribution in [2.45, 2.75) is 45.8 Å². The Kier molecular flexibility index (Phi) is 4.90. The van der Waals surface area contributed by atoms with Gasteiger partial charge in [0.1, 0.15) is 11.4 Å². The number of amidine groups is 1. The molecule has 0 rings (SSSR count). The molecule has 1 amide bonds. The normalized spacial score (nSPS) is 14.5. The van der Waals surface area contributed by atoms with Gasteiger partial charge in [0.05, 0.1) is 0 Å². The van der Waals surface area contributed by atoms with Crippen molar-refractivity contribution in [1.82, 2.24) is 5.32 Å². The van der Waals surface area contributed by atoms with Gasteiger partial charge in [-0.1, -0.05) is 5.16 Å². The zero-order valence-corrected chi connectivity index (χ0v) is 9.57. The molecule has 0 aliphatic rings. The molecule has 0 radical (unpaired) electrons. The van der Waals surface area contributed by atoms with Crippen LogP contribution in [0.2, 0.25) is 0 Å². The molecule has 4 N–H and O–H groups in total. The van der Waals surface area contributed by atoms with Crippen molar-refractivity contribution in [3.05, 3.63) is 0 Å². The summed E-state index contributed by atoms with van der Waals surface area (Å²) in [6, 6.07) is -0.240. The molecule has 88 valence electrons. The Labute approximate surface area is 89.5 Å². The molecule has 15 heavy (non-hydrogen) atoms. The second-order valence-electron chi connectivity index (χ2n) is 4.34. The van der Waals surface area contributed by atoms with Crippen molar-refractivity contribution in [2.75, 3.05) is 0 Å². The first-order valence-corrected chi connectivity index (χ1v) is 4.70. The van der Waals surface area contributed by atoms with E-state index in [0.717, 1.165) is 0 Å². The number of ether oxygens (including phenoxy) is 1. The molecule has 6 heteroatoms. The average Bonchev–Trinajstić information content (AvgIpc) is 1.99. The fraction of sp³-hybridized carbons (Fsp3) is 0.778. The molecule has 0 saturated carbocycles. The number of hydrogen-bond acceptors (Lipinski definition) is 4. The van der Waals surface area contributed by atoms with E-state index in [9.17, 15) is 4.79 Å². The topological polar surface area (TPSA) is 96.9 Å². The number of carbonyl (C=O) groups excluding carboxylic acids is 1. The molecule has 0 bridgehead atoms. The van der Waals surface area contributed by atoms with Crippen molar-refractivity contribution < 1.29 is 14.7 Å². The van der Waals surface area contributed by atoms with Gasteiger partial charge in [-0.15, -0.1) is 0 Å². The number of rotatable bonds is 3. The molecule has 0 aromatic heterocycles. The second kappa shape index (κ2) is 5.43. The van der Waals surface area contributed by atoms with E-state index in [4.69, 9.17) is 15.7 Å². The van der Waals surface area contributed by atoms with E-state index in [2.05, 4.69) is 10.5 Å². The Morgan fingerprint density at radius 1 is 1.60 bits per heavy atom.